The number of amides is 1. The predicted octanol–water partition coefficient (Wildman–Crippen LogP) is 2.17. The van der Waals surface area contributed by atoms with Crippen molar-refractivity contribution in [1.29, 1.82) is 0 Å². The number of aliphatic carboxylic acids is 3. The van der Waals surface area contributed by atoms with Gasteiger partial charge in [0, 0.05) is 49.2 Å². The summed E-state index contributed by atoms with van der Waals surface area (Å²) in [5.41, 5.74) is 1.84. The summed E-state index contributed by atoms with van der Waals surface area (Å²) in [5, 5.41) is 38.1. The van der Waals surface area contributed by atoms with Crippen molar-refractivity contribution in [2.24, 2.45) is 0 Å². The predicted molar refractivity (Wildman–Crippen MR) is 159 cm³/mol. The van der Waals surface area contributed by atoms with E-state index < -0.39 is 36.4 Å². The van der Waals surface area contributed by atoms with Crippen LogP contribution in [0.2, 0.25) is 0 Å². The molecule has 0 radical (unpaired) electrons. The number of thiazole rings is 1. The quantitative estimate of drug-likeness (QED) is 0.239. The van der Waals surface area contributed by atoms with Gasteiger partial charge in [0.2, 0.25) is 5.91 Å². The van der Waals surface area contributed by atoms with Gasteiger partial charge in [0.15, 0.2) is 5.60 Å². The van der Waals surface area contributed by atoms with Crippen molar-refractivity contribution in [2.45, 2.75) is 65.0 Å². The van der Waals surface area contributed by atoms with Gasteiger partial charge in [-0.2, -0.15) is 0 Å². The van der Waals surface area contributed by atoms with E-state index >= 15 is 0 Å². The number of benzene rings is 1. The van der Waals surface area contributed by atoms with Crippen molar-refractivity contribution in [3.05, 3.63) is 39.2 Å². The highest BCUT2D eigenvalue weighted by molar-refractivity contribution is 7.12. The van der Waals surface area contributed by atoms with Crippen LogP contribution < -0.4 is 5.32 Å². The van der Waals surface area contributed by atoms with Gasteiger partial charge in [-0.05, 0) is 51.4 Å². The summed E-state index contributed by atoms with van der Waals surface area (Å²) in [6.07, 6.45) is -0.944. The Morgan fingerprint density at radius 2 is 1.60 bits per heavy atom. The number of carbonyl (C=O) groups excluding carboxylic acids is 1. The molecule has 0 bridgehead atoms. The molecule has 5 N–H and O–H groups in total. The molecular weight excluding hydrogens is 564 g/mol. The monoisotopic (exact) mass is 606 g/mol. The zero-order chi connectivity index (χ0) is 31.6. The maximum absolute atomic E-state index is 12.8. The molecular formula is C29H42N4O8S. The molecule has 1 aromatic carbocycles. The maximum atomic E-state index is 12.8. The first-order chi connectivity index (χ1) is 19.6. The van der Waals surface area contributed by atoms with E-state index in [0.717, 1.165) is 60.3 Å². The van der Waals surface area contributed by atoms with Crippen molar-refractivity contribution >= 4 is 35.2 Å². The highest BCUT2D eigenvalue weighted by atomic mass is 32.1. The zero-order valence-electron chi connectivity index (χ0n) is 24.8. The molecule has 2 heterocycles. The Labute approximate surface area is 250 Å². The van der Waals surface area contributed by atoms with Crippen LogP contribution >= 0.6 is 11.3 Å². The Bertz CT molecular complexity index is 1240. The van der Waals surface area contributed by atoms with E-state index in [1.165, 1.54) is 11.1 Å². The van der Waals surface area contributed by atoms with Gasteiger partial charge in [0.25, 0.3) is 0 Å². The number of hydrogen-bond donors (Lipinski definition) is 5. The number of carbonyl (C=O) groups is 4. The SMILES string of the molecule is CCC(CN1CCN(C)CC1)NC(=O)Cc1sc(C)nc1-c1ccc(C)c(C)c1.O=C(O)CC(O)(CC(=O)O)C(=O)O. The number of aromatic nitrogens is 1. The molecule has 2 aromatic rings. The lowest BCUT2D eigenvalue weighted by molar-refractivity contribution is -0.170. The molecule has 42 heavy (non-hydrogen) atoms. The van der Waals surface area contributed by atoms with E-state index in [4.69, 9.17) is 25.4 Å². The first-order valence-electron chi connectivity index (χ1n) is 13.8. The first kappa shape index (κ1) is 34.8. The van der Waals surface area contributed by atoms with Crippen LogP contribution in [0.3, 0.4) is 0 Å². The Balaban J connectivity index is 0.000000401. The molecule has 12 nitrogen and oxygen atoms in total. The summed E-state index contributed by atoms with van der Waals surface area (Å²) in [5.74, 6) is -4.92. The lowest BCUT2D eigenvalue weighted by Gasteiger charge is -2.34. The number of rotatable bonds is 12. The summed E-state index contributed by atoms with van der Waals surface area (Å²) < 4.78 is 0. The molecule has 1 atom stereocenters. The molecule has 1 saturated heterocycles. The lowest BCUT2D eigenvalue weighted by Crippen LogP contribution is -2.50. The summed E-state index contributed by atoms with van der Waals surface area (Å²) in [6.45, 7) is 13.7. The second-order valence-electron chi connectivity index (χ2n) is 10.7. The fraction of sp³-hybridized carbons (Fsp3) is 0.552. The smallest absolute Gasteiger partial charge is 0.336 e. The highest BCUT2D eigenvalue weighted by Crippen LogP contribution is 2.30. The first-order valence-corrected chi connectivity index (χ1v) is 14.6. The third kappa shape index (κ3) is 10.8. The molecule has 1 aliphatic rings. The number of carboxylic acids is 3. The normalized spacial score (nSPS) is 14.9. The van der Waals surface area contributed by atoms with Gasteiger partial charge in [0.05, 0.1) is 30.0 Å². The minimum Gasteiger partial charge on any atom is -0.481 e. The zero-order valence-corrected chi connectivity index (χ0v) is 25.7. The number of hydrogen-bond acceptors (Lipinski definition) is 9. The minimum atomic E-state index is -2.74. The van der Waals surface area contributed by atoms with E-state index in [-0.39, 0.29) is 11.9 Å². The molecule has 0 aliphatic carbocycles. The van der Waals surface area contributed by atoms with Crippen molar-refractivity contribution in [3.63, 3.8) is 0 Å². The minimum absolute atomic E-state index is 0.0970. The number of carboxylic acid groups (broad SMARTS) is 3. The summed E-state index contributed by atoms with van der Waals surface area (Å²) >= 11 is 1.63. The van der Waals surface area contributed by atoms with Crippen molar-refractivity contribution in [3.8, 4) is 11.3 Å². The van der Waals surface area contributed by atoms with Gasteiger partial charge in [-0.3, -0.25) is 19.3 Å². The van der Waals surface area contributed by atoms with Crippen molar-refractivity contribution < 1.29 is 39.6 Å². The molecule has 1 aliphatic heterocycles. The van der Waals surface area contributed by atoms with Gasteiger partial charge >= 0.3 is 17.9 Å². The second kappa shape index (κ2) is 15.7. The molecule has 232 valence electrons. The Kier molecular flexibility index (Phi) is 13.0. The van der Waals surface area contributed by atoms with Crippen molar-refractivity contribution in [1.82, 2.24) is 20.1 Å². The van der Waals surface area contributed by atoms with Crippen LogP contribution in [0.15, 0.2) is 18.2 Å². The van der Waals surface area contributed by atoms with Crippen LogP contribution in [0.1, 0.15) is 47.2 Å². The highest BCUT2D eigenvalue weighted by Gasteiger charge is 2.40. The molecule has 0 spiro atoms. The van der Waals surface area contributed by atoms with Crippen LogP contribution in [-0.2, 0) is 25.6 Å². The average Bonchev–Trinajstić information content (AvgIpc) is 3.25. The lowest BCUT2D eigenvalue weighted by atomic mass is 9.96. The Morgan fingerprint density at radius 3 is 2.10 bits per heavy atom. The number of nitrogens with one attached hydrogen (secondary N) is 1. The largest absolute Gasteiger partial charge is 0.481 e. The van der Waals surface area contributed by atoms with Crippen LogP contribution in [0, 0.1) is 20.8 Å². The van der Waals surface area contributed by atoms with Crippen LogP contribution in [0.25, 0.3) is 11.3 Å². The van der Waals surface area contributed by atoms with Gasteiger partial charge in [-0.25, -0.2) is 9.78 Å². The van der Waals surface area contributed by atoms with E-state index in [9.17, 15) is 19.2 Å². The fourth-order valence-electron chi connectivity index (χ4n) is 4.46. The van der Waals surface area contributed by atoms with Crippen LogP contribution in [0.4, 0.5) is 0 Å². The second-order valence-corrected chi connectivity index (χ2v) is 12.0. The number of aryl methyl sites for hydroxylation is 3. The van der Waals surface area contributed by atoms with E-state index in [1.807, 2.05) is 6.92 Å². The molecule has 3 rings (SSSR count). The van der Waals surface area contributed by atoms with Crippen LogP contribution in [-0.4, -0.2) is 110 Å². The van der Waals surface area contributed by atoms with E-state index in [1.54, 1.807) is 11.3 Å². The number of piperazine rings is 1. The molecule has 1 unspecified atom stereocenters. The Hall–Kier alpha value is -3.39. The molecule has 1 fully saturated rings. The molecule has 1 aromatic heterocycles. The average molecular weight is 607 g/mol. The fourth-order valence-corrected chi connectivity index (χ4v) is 5.42. The third-order valence-electron chi connectivity index (χ3n) is 7.12. The van der Waals surface area contributed by atoms with Crippen LogP contribution in [0.5, 0.6) is 0 Å². The summed E-state index contributed by atoms with van der Waals surface area (Å²) in [4.78, 5) is 53.9. The topological polar surface area (TPSA) is 181 Å². The van der Waals surface area contributed by atoms with Crippen molar-refractivity contribution in [2.75, 3.05) is 39.8 Å². The number of likely N-dealkylation sites (N-methyl/N-ethyl adjacent to an activating group) is 1. The van der Waals surface area contributed by atoms with Gasteiger partial charge in [-0.1, -0.05) is 19.1 Å². The van der Waals surface area contributed by atoms with E-state index in [2.05, 4.69) is 61.1 Å². The van der Waals surface area contributed by atoms with Gasteiger partial charge < -0.3 is 30.6 Å². The maximum Gasteiger partial charge on any atom is 0.336 e. The summed E-state index contributed by atoms with van der Waals surface area (Å²) in [6, 6.07) is 6.62. The van der Waals surface area contributed by atoms with E-state index in [0.29, 0.717) is 6.42 Å². The number of nitrogens with zero attached hydrogens (tertiary/aromatic N) is 3. The summed E-state index contributed by atoms with van der Waals surface area (Å²) in [7, 11) is 2.17. The number of aliphatic hydroxyl groups is 1. The molecule has 13 heteroatoms. The van der Waals surface area contributed by atoms with Gasteiger partial charge in [-0.15, -0.1) is 11.3 Å². The molecule has 1 amide bonds. The molecule has 0 saturated carbocycles. The third-order valence-corrected chi connectivity index (χ3v) is 8.09. The Morgan fingerprint density at radius 1 is 1.00 bits per heavy atom. The van der Waals surface area contributed by atoms with Gasteiger partial charge in [0.1, 0.15) is 0 Å². The standard InChI is InChI=1S/C23H34N4OS.C6H8O7/c1-6-20(15-27-11-9-26(5)10-12-27)25-22(28)14-21-23(24-18(4)29-21)19-8-7-16(2)17(3)13-19;7-3(8)1-6(13,5(11)12)2-4(9)10/h7-8,13,20H,6,9-12,14-15H2,1-5H3,(H,25,28);13H,1-2H2,(H,7,8)(H,9,10)(H,11,12).